The van der Waals surface area contributed by atoms with Crippen molar-refractivity contribution in [2.75, 3.05) is 6.54 Å². The third-order valence-corrected chi connectivity index (χ3v) is 3.84. The summed E-state index contributed by atoms with van der Waals surface area (Å²) in [5.74, 6) is 0.933. The highest BCUT2D eigenvalue weighted by Gasteiger charge is 2.21. The number of aryl methyl sites for hydroxylation is 2. The van der Waals surface area contributed by atoms with Gasteiger partial charge in [-0.2, -0.15) is 5.10 Å². The Bertz CT molecular complexity index is 342. The summed E-state index contributed by atoms with van der Waals surface area (Å²) in [6.45, 7) is 4.20. The monoisotopic (exact) mass is 271 g/mol. The zero-order valence-electron chi connectivity index (χ0n) is 9.39. The molecule has 1 aromatic heterocycles. The molecule has 0 atom stereocenters. The summed E-state index contributed by atoms with van der Waals surface area (Å²) in [4.78, 5) is 0. The summed E-state index contributed by atoms with van der Waals surface area (Å²) >= 11 is 3.62. The van der Waals surface area contributed by atoms with Crippen molar-refractivity contribution in [2.24, 2.45) is 13.0 Å². The molecule has 0 spiro atoms. The van der Waals surface area contributed by atoms with Gasteiger partial charge in [0.1, 0.15) is 0 Å². The maximum atomic E-state index is 4.47. The first-order valence-corrected chi connectivity index (χ1v) is 6.42. The van der Waals surface area contributed by atoms with Gasteiger partial charge in [0.2, 0.25) is 0 Å². The van der Waals surface area contributed by atoms with Gasteiger partial charge < -0.3 is 5.32 Å². The molecule has 0 aromatic carbocycles. The number of rotatable bonds is 5. The SMILES string of the molecule is CCc1nn(C)c(CNCC2CC2)c1Br. The Morgan fingerprint density at radius 1 is 1.53 bits per heavy atom. The van der Waals surface area contributed by atoms with Gasteiger partial charge >= 0.3 is 0 Å². The van der Waals surface area contributed by atoms with Gasteiger partial charge in [0.15, 0.2) is 0 Å². The fraction of sp³-hybridized carbons (Fsp3) is 0.727. The topological polar surface area (TPSA) is 29.9 Å². The molecule has 1 N–H and O–H groups in total. The second kappa shape index (κ2) is 4.66. The van der Waals surface area contributed by atoms with Gasteiger partial charge in [0.05, 0.1) is 15.9 Å². The van der Waals surface area contributed by atoms with Gasteiger partial charge in [-0.05, 0) is 47.7 Å². The second-order valence-electron chi connectivity index (χ2n) is 4.26. The van der Waals surface area contributed by atoms with E-state index in [4.69, 9.17) is 0 Å². The molecule has 0 amide bonds. The number of hydrogen-bond acceptors (Lipinski definition) is 2. The summed E-state index contributed by atoms with van der Waals surface area (Å²) in [5, 5.41) is 7.96. The smallest absolute Gasteiger partial charge is 0.0767 e. The molecule has 0 unspecified atom stereocenters. The van der Waals surface area contributed by atoms with Crippen molar-refractivity contribution in [1.82, 2.24) is 15.1 Å². The van der Waals surface area contributed by atoms with Crippen molar-refractivity contribution < 1.29 is 0 Å². The number of aromatic nitrogens is 2. The van der Waals surface area contributed by atoms with E-state index in [1.54, 1.807) is 0 Å². The number of nitrogens with zero attached hydrogens (tertiary/aromatic N) is 2. The lowest BCUT2D eigenvalue weighted by atomic mass is 10.3. The summed E-state index contributed by atoms with van der Waals surface area (Å²) in [6, 6.07) is 0. The number of halogens is 1. The zero-order valence-corrected chi connectivity index (χ0v) is 11.0. The average Bonchev–Trinajstić information content (AvgIpc) is 2.99. The van der Waals surface area contributed by atoms with E-state index < -0.39 is 0 Å². The van der Waals surface area contributed by atoms with Crippen molar-refractivity contribution in [2.45, 2.75) is 32.7 Å². The summed E-state index contributed by atoms with van der Waals surface area (Å²) in [5.41, 5.74) is 2.41. The van der Waals surface area contributed by atoms with Gasteiger partial charge in [-0.1, -0.05) is 6.92 Å². The first-order valence-electron chi connectivity index (χ1n) is 5.63. The van der Waals surface area contributed by atoms with Gasteiger partial charge in [-0.3, -0.25) is 4.68 Å². The Kier molecular flexibility index (Phi) is 3.46. The van der Waals surface area contributed by atoms with Gasteiger partial charge in [-0.15, -0.1) is 0 Å². The largest absolute Gasteiger partial charge is 0.311 e. The van der Waals surface area contributed by atoms with Crippen LogP contribution in [0, 0.1) is 5.92 Å². The highest BCUT2D eigenvalue weighted by Crippen LogP contribution is 2.28. The Morgan fingerprint density at radius 2 is 2.27 bits per heavy atom. The second-order valence-corrected chi connectivity index (χ2v) is 5.05. The molecule has 15 heavy (non-hydrogen) atoms. The summed E-state index contributed by atoms with van der Waals surface area (Å²) in [6.07, 6.45) is 3.79. The molecule has 0 bridgehead atoms. The third kappa shape index (κ3) is 2.61. The molecule has 0 aliphatic heterocycles. The van der Waals surface area contributed by atoms with Crippen LogP contribution >= 0.6 is 15.9 Å². The molecule has 1 aromatic rings. The standard InChI is InChI=1S/C11H18BrN3/c1-3-9-11(12)10(15(2)14-9)7-13-6-8-4-5-8/h8,13H,3-7H2,1-2H3. The first-order chi connectivity index (χ1) is 7.22. The lowest BCUT2D eigenvalue weighted by Crippen LogP contribution is -2.18. The molecule has 1 aliphatic rings. The Hall–Kier alpha value is -0.350. The van der Waals surface area contributed by atoms with Crippen LogP contribution in [0.2, 0.25) is 0 Å². The quantitative estimate of drug-likeness (QED) is 0.891. The zero-order chi connectivity index (χ0) is 10.8. The number of hydrogen-bond donors (Lipinski definition) is 1. The molecule has 4 heteroatoms. The lowest BCUT2D eigenvalue weighted by Gasteiger charge is -2.04. The van der Waals surface area contributed by atoms with Crippen LogP contribution in [0.25, 0.3) is 0 Å². The van der Waals surface area contributed by atoms with Crippen molar-refractivity contribution >= 4 is 15.9 Å². The van der Waals surface area contributed by atoms with E-state index in [1.165, 1.54) is 23.0 Å². The normalized spacial score (nSPS) is 15.9. The minimum absolute atomic E-state index is 0.917. The predicted molar refractivity (Wildman–Crippen MR) is 64.7 cm³/mol. The maximum absolute atomic E-state index is 4.47. The van der Waals surface area contributed by atoms with E-state index in [9.17, 15) is 0 Å². The van der Waals surface area contributed by atoms with Gasteiger partial charge in [-0.25, -0.2) is 0 Å². The van der Waals surface area contributed by atoms with Crippen LogP contribution < -0.4 is 5.32 Å². The molecule has 3 nitrogen and oxygen atoms in total. The van der Waals surface area contributed by atoms with Crippen molar-refractivity contribution in [1.29, 1.82) is 0 Å². The molecule has 1 aliphatic carbocycles. The Morgan fingerprint density at radius 3 is 2.80 bits per heavy atom. The fourth-order valence-electron chi connectivity index (χ4n) is 1.73. The average molecular weight is 272 g/mol. The van der Waals surface area contributed by atoms with Crippen molar-refractivity contribution in [3.8, 4) is 0 Å². The minimum atomic E-state index is 0.917. The first kappa shape index (κ1) is 11.1. The van der Waals surface area contributed by atoms with Crippen LogP contribution in [0.15, 0.2) is 4.47 Å². The van der Waals surface area contributed by atoms with E-state index in [2.05, 4.69) is 33.3 Å². The van der Waals surface area contributed by atoms with E-state index in [0.717, 1.165) is 31.1 Å². The van der Waals surface area contributed by atoms with Crippen LogP contribution in [-0.4, -0.2) is 16.3 Å². The van der Waals surface area contributed by atoms with E-state index in [0.29, 0.717) is 0 Å². The lowest BCUT2D eigenvalue weighted by molar-refractivity contribution is 0.596. The highest BCUT2D eigenvalue weighted by atomic mass is 79.9. The van der Waals surface area contributed by atoms with Crippen LogP contribution in [0.4, 0.5) is 0 Å². The van der Waals surface area contributed by atoms with Crippen LogP contribution in [0.1, 0.15) is 31.2 Å². The molecule has 1 heterocycles. The molecular weight excluding hydrogens is 254 g/mol. The van der Waals surface area contributed by atoms with Crippen molar-refractivity contribution in [3.63, 3.8) is 0 Å². The van der Waals surface area contributed by atoms with E-state index >= 15 is 0 Å². The summed E-state index contributed by atoms with van der Waals surface area (Å²) in [7, 11) is 2.01. The van der Waals surface area contributed by atoms with Gasteiger partial charge in [0.25, 0.3) is 0 Å². The minimum Gasteiger partial charge on any atom is -0.311 e. The van der Waals surface area contributed by atoms with Crippen molar-refractivity contribution in [3.05, 3.63) is 15.9 Å². The van der Waals surface area contributed by atoms with Crippen LogP contribution in [-0.2, 0) is 20.0 Å². The molecule has 1 fully saturated rings. The van der Waals surface area contributed by atoms with Crippen LogP contribution in [0.5, 0.6) is 0 Å². The maximum Gasteiger partial charge on any atom is 0.0767 e. The molecule has 84 valence electrons. The predicted octanol–water partition coefficient (Wildman–Crippen LogP) is 2.24. The number of nitrogens with one attached hydrogen (secondary N) is 1. The molecule has 1 saturated carbocycles. The van der Waals surface area contributed by atoms with E-state index in [-0.39, 0.29) is 0 Å². The van der Waals surface area contributed by atoms with Crippen LogP contribution in [0.3, 0.4) is 0 Å². The van der Waals surface area contributed by atoms with E-state index in [1.807, 2.05) is 11.7 Å². The van der Waals surface area contributed by atoms with Gasteiger partial charge in [0, 0.05) is 13.6 Å². The fourth-order valence-corrected chi connectivity index (χ4v) is 2.49. The molecule has 2 rings (SSSR count). The third-order valence-electron chi connectivity index (χ3n) is 2.93. The summed E-state index contributed by atoms with van der Waals surface area (Å²) < 4.78 is 3.15. The molecular formula is C11H18BrN3. The Labute approximate surface area is 99.4 Å². The molecule has 0 radical (unpaired) electrons. The Balaban J connectivity index is 1.95. The highest BCUT2D eigenvalue weighted by molar-refractivity contribution is 9.10. The molecule has 0 saturated heterocycles.